The first kappa shape index (κ1) is 13.0. The monoisotopic (exact) mass is 234 g/mol. The smallest absolute Gasteiger partial charge is 0.264 e. The van der Waals surface area contributed by atoms with E-state index in [0.29, 0.717) is 17.8 Å². The van der Waals surface area contributed by atoms with Crippen LogP contribution in [0.5, 0.6) is 0 Å². The molecule has 1 rings (SSSR count). The van der Waals surface area contributed by atoms with Gasteiger partial charge in [0, 0.05) is 0 Å². The quantitative estimate of drug-likeness (QED) is 0.704. The fourth-order valence-electron chi connectivity index (χ4n) is 2.45. The van der Waals surface area contributed by atoms with Crippen LogP contribution in [0.1, 0.15) is 40.0 Å². The largest absolute Gasteiger partial charge is 0.267 e. The fraction of sp³-hybridized carbons (Fsp3) is 1.00. The maximum absolute atomic E-state index is 11.2. The zero-order valence-electron chi connectivity index (χ0n) is 10.1. The Kier molecular flexibility index (Phi) is 4.18. The highest BCUT2D eigenvalue weighted by Crippen LogP contribution is 2.35. The second kappa shape index (κ2) is 4.83. The molecule has 0 radical (unpaired) electrons. The summed E-state index contributed by atoms with van der Waals surface area (Å²) in [5.41, 5.74) is 0. The maximum Gasteiger partial charge on any atom is 0.264 e. The third-order valence-corrected chi connectivity index (χ3v) is 3.86. The van der Waals surface area contributed by atoms with Crippen molar-refractivity contribution < 1.29 is 12.6 Å². The molecule has 1 aliphatic carbocycles. The lowest BCUT2D eigenvalue weighted by Crippen LogP contribution is -2.35. The minimum absolute atomic E-state index is 0.108. The zero-order valence-corrected chi connectivity index (χ0v) is 10.9. The van der Waals surface area contributed by atoms with E-state index in [-0.39, 0.29) is 6.10 Å². The van der Waals surface area contributed by atoms with Gasteiger partial charge in [0.15, 0.2) is 0 Å². The average Bonchev–Trinajstić information content (AvgIpc) is 1.99. The fourth-order valence-corrected chi connectivity index (χ4v) is 3.12. The van der Waals surface area contributed by atoms with Crippen molar-refractivity contribution in [1.29, 1.82) is 0 Å². The van der Waals surface area contributed by atoms with E-state index < -0.39 is 10.1 Å². The molecule has 0 aromatic rings. The molecule has 1 aliphatic rings. The molecule has 0 bridgehead atoms. The molecule has 0 aromatic heterocycles. The Hall–Kier alpha value is -0.0900. The van der Waals surface area contributed by atoms with E-state index >= 15 is 0 Å². The summed E-state index contributed by atoms with van der Waals surface area (Å²) in [6.45, 7) is 6.44. The van der Waals surface area contributed by atoms with Crippen molar-refractivity contribution in [2.45, 2.75) is 46.1 Å². The van der Waals surface area contributed by atoms with Gasteiger partial charge in [-0.05, 0) is 30.6 Å². The summed E-state index contributed by atoms with van der Waals surface area (Å²) in [5, 5.41) is 0. The lowest BCUT2D eigenvalue weighted by Gasteiger charge is -2.36. The third-order valence-electron chi connectivity index (χ3n) is 3.26. The lowest BCUT2D eigenvalue weighted by atomic mass is 9.75. The molecule has 0 spiro atoms. The van der Waals surface area contributed by atoms with Crippen LogP contribution < -0.4 is 0 Å². The Morgan fingerprint density at radius 1 is 1.27 bits per heavy atom. The number of hydrogen-bond acceptors (Lipinski definition) is 3. The Bertz CT molecular complexity index is 295. The van der Waals surface area contributed by atoms with E-state index in [1.165, 1.54) is 6.42 Å². The highest BCUT2D eigenvalue weighted by Gasteiger charge is 2.33. The van der Waals surface area contributed by atoms with Crippen molar-refractivity contribution in [3.05, 3.63) is 0 Å². The van der Waals surface area contributed by atoms with Gasteiger partial charge in [-0.25, -0.2) is 0 Å². The zero-order chi connectivity index (χ0) is 11.6. The molecule has 0 saturated heterocycles. The molecular weight excluding hydrogens is 212 g/mol. The summed E-state index contributed by atoms with van der Waals surface area (Å²) in [5.74, 6) is 1.45. The first-order valence-electron chi connectivity index (χ1n) is 5.68. The van der Waals surface area contributed by atoms with E-state index in [1.54, 1.807) is 0 Å². The Morgan fingerprint density at radius 3 is 2.33 bits per heavy atom. The minimum atomic E-state index is -3.31. The highest BCUT2D eigenvalue weighted by atomic mass is 32.2. The van der Waals surface area contributed by atoms with Crippen LogP contribution in [0.15, 0.2) is 0 Å². The maximum atomic E-state index is 11.2. The Labute approximate surface area is 93.3 Å². The van der Waals surface area contributed by atoms with Gasteiger partial charge >= 0.3 is 0 Å². The van der Waals surface area contributed by atoms with Crippen LogP contribution >= 0.6 is 0 Å². The molecule has 0 heterocycles. The molecule has 0 amide bonds. The second-order valence-electron chi connectivity index (χ2n) is 5.16. The normalized spacial score (nSPS) is 33.3. The highest BCUT2D eigenvalue weighted by molar-refractivity contribution is 7.86. The van der Waals surface area contributed by atoms with Crippen molar-refractivity contribution in [1.82, 2.24) is 0 Å². The standard InChI is InChI=1S/C11H22O3S/c1-8(2)10-6-5-9(3)7-11(10)14-15(4,12)13/h8-11H,5-7H2,1-4H3/t9-,10+,11-/m0/s1. The van der Waals surface area contributed by atoms with Gasteiger partial charge in [-0.2, -0.15) is 8.42 Å². The van der Waals surface area contributed by atoms with Crippen LogP contribution in [0.3, 0.4) is 0 Å². The summed E-state index contributed by atoms with van der Waals surface area (Å²) >= 11 is 0. The van der Waals surface area contributed by atoms with E-state index in [0.717, 1.165) is 19.1 Å². The molecule has 0 N–H and O–H groups in total. The van der Waals surface area contributed by atoms with Crippen LogP contribution in [0.4, 0.5) is 0 Å². The molecular formula is C11H22O3S. The first-order chi connectivity index (χ1) is 6.79. The van der Waals surface area contributed by atoms with Crippen molar-refractivity contribution in [3.63, 3.8) is 0 Å². The van der Waals surface area contributed by atoms with Crippen LogP contribution in [-0.4, -0.2) is 20.8 Å². The van der Waals surface area contributed by atoms with Gasteiger partial charge in [-0.15, -0.1) is 0 Å². The predicted octanol–water partition coefficient (Wildman–Crippen LogP) is 2.42. The van der Waals surface area contributed by atoms with Crippen molar-refractivity contribution in [3.8, 4) is 0 Å². The summed E-state index contributed by atoms with van der Waals surface area (Å²) in [7, 11) is -3.31. The van der Waals surface area contributed by atoms with Gasteiger partial charge in [-0.3, -0.25) is 4.18 Å². The van der Waals surface area contributed by atoms with Gasteiger partial charge in [0.05, 0.1) is 12.4 Å². The number of hydrogen-bond donors (Lipinski definition) is 0. The molecule has 4 heteroatoms. The van der Waals surface area contributed by atoms with E-state index in [1.807, 2.05) is 0 Å². The molecule has 3 nitrogen and oxygen atoms in total. The summed E-state index contributed by atoms with van der Waals surface area (Å²) in [6.07, 6.45) is 4.18. The van der Waals surface area contributed by atoms with Gasteiger partial charge in [-0.1, -0.05) is 27.2 Å². The van der Waals surface area contributed by atoms with Gasteiger partial charge in [0.25, 0.3) is 10.1 Å². The van der Waals surface area contributed by atoms with E-state index in [2.05, 4.69) is 20.8 Å². The molecule has 1 fully saturated rings. The average molecular weight is 234 g/mol. The predicted molar refractivity (Wildman–Crippen MR) is 61.1 cm³/mol. The van der Waals surface area contributed by atoms with Crippen LogP contribution in [-0.2, 0) is 14.3 Å². The van der Waals surface area contributed by atoms with Crippen molar-refractivity contribution in [2.75, 3.05) is 6.26 Å². The molecule has 3 atom stereocenters. The topological polar surface area (TPSA) is 43.4 Å². The molecule has 15 heavy (non-hydrogen) atoms. The summed E-state index contributed by atoms with van der Waals surface area (Å²) in [4.78, 5) is 0. The first-order valence-corrected chi connectivity index (χ1v) is 7.49. The number of rotatable bonds is 3. The second-order valence-corrected chi connectivity index (χ2v) is 6.77. The van der Waals surface area contributed by atoms with Gasteiger partial charge in [0.1, 0.15) is 0 Å². The van der Waals surface area contributed by atoms with E-state index in [4.69, 9.17) is 4.18 Å². The van der Waals surface area contributed by atoms with Gasteiger partial charge in [0.2, 0.25) is 0 Å². The van der Waals surface area contributed by atoms with Crippen molar-refractivity contribution >= 4 is 10.1 Å². The Balaban J connectivity index is 2.70. The molecule has 0 aromatic carbocycles. The van der Waals surface area contributed by atoms with E-state index in [9.17, 15) is 8.42 Å². The summed E-state index contributed by atoms with van der Waals surface area (Å²) in [6, 6.07) is 0. The Morgan fingerprint density at radius 2 is 1.87 bits per heavy atom. The lowest BCUT2D eigenvalue weighted by molar-refractivity contribution is 0.0519. The van der Waals surface area contributed by atoms with Crippen LogP contribution in [0, 0.1) is 17.8 Å². The third kappa shape index (κ3) is 4.11. The SMILES string of the molecule is CC(C)[C@H]1CC[C@H](C)C[C@@H]1OS(C)(=O)=O. The van der Waals surface area contributed by atoms with Gasteiger partial charge < -0.3 is 0 Å². The molecule has 0 aliphatic heterocycles. The molecule has 1 saturated carbocycles. The van der Waals surface area contributed by atoms with Crippen molar-refractivity contribution in [2.24, 2.45) is 17.8 Å². The minimum Gasteiger partial charge on any atom is -0.267 e. The van der Waals surface area contributed by atoms with Crippen LogP contribution in [0.25, 0.3) is 0 Å². The van der Waals surface area contributed by atoms with Crippen LogP contribution in [0.2, 0.25) is 0 Å². The molecule has 0 unspecified atom stereocenters. The summed E-state index contributed by atoms with van der Waals surface area (Å²) < 4.78 is 27.5. The molecule has 90 valence electrons.